The highest BCUT2D eigenvalue weighted by Gasteiger charge is 2.24. The summed E-state index contributed by atoms with van der Waals surface area (Å²) >= 11 is 1.75. The van der Waals surface area contributed by atoms with Gasteiger partial charge in [0.05, 0.1) is 5.69 Å². The Bertz CT molecular complexity index is 690. The van der Waals surface area contributed by atoms with E-state index in [4.69, 9.17) is 5.73 Å². The Morgan fingerprint density at radius 1 is 1.19 bits per heavy atom. The largest absolute Gasteiger partial charge is 0.399 e. The van der Waals surface area contributed by atoms with Crippen molar-refractivity contribution < 1.29 is 4.79 Å². The maximum atomic E-state index is 13.0. The van der Waals surface area contributed by atoms with Crippen LogP contribution in [0, 0.1) is 13.8 Å². The van der Waals surface area contributed by atoms with Crippen LogP contribution < -0.4 is 10.6 Å². The Balaban J connectivity index is 2.02. The molecule has 0 saturated heterocycles. The van der Waals surface area contributed by atoms with E-state index in [1.807, 2.05) is 30.9 Å². The number of anilines is 2. The Kier molecular flexibility index (Phi) is 3.72. The van der Waals surface area contributed by atoms with E-state index < -0.39 is 0 Å². The van der Waals surface area contributed by atoms with Crippen molar-refractivity contribution >= 4 is 28.6 Å². The fraction of sp³-hybridized carbons (Fsp3) is 0.353. The molecule has 1 aromatic heterocycles. The molecule has 0 radical (unpaired) electrons. The van der Waals surface area contributed by atoms with Crippen molar-refractivity contribution in [2.24, 2.45) is 0 Å². The molecule has 2 aromatic rings. The lowest BCUT2D eigenvalue weighted by molar-refractivity contribution is 0.0986. The average Bonchev–Trinajstić information content (AvgIpc) is 2.84. The van der Waals surface area contributed by atoms with Crippen LogP contribution in [0.5, 0.6) is 0 Å². The molecule has 2 N–H and O–H groups in total. The number of hydrogen-bond acceptors (Lipinski definition) is 3. The number of nitrogen functional groups attached to an aromatic ring is 1. The standard InChI is InChI=1S/C17H20N2OS/c1-11-12(2)14(18)7-6-13(11)17(20)19-9-4-3-5-16-15(19)8-10-21-16/h6-8,10H,3-5,9,18H2,1-2H3. The first-order valence-corrected chi connectivity index (χ1v) is 8.21. The Labute approximate surface area is 129 Å². The number of nitrogens with zero attached hydrogens (tertiary/aromatic N) is 1. The highest BCUT2D eigenvalue weighted by atomic mass is 32.1. The van der Waals surface area contributed by atoms with Gasteiger partial charge >= 0.3 is 0 Å². The topological polar surface area (TPSA) is 46.3 Å². The quantitative estimate of drug-likeness (QED) is 0.811. The number of fused-ring (bicyclic) bond motifs is 1. The van der Waals surface area contributed by atoms with Crippen LogP contribution in [-0.4, -0.2) is 12.5 Å². The number of hydrogen-bond donors (Lipinski definition) is 1. The second kappa shape index (κ2) is 5.53. The summed E-state index contributed by atoms with van der Waals surface area (Å²) in [5.74, 6) is 0.0946. The minimum absolute atomic E-state index is 0.0946. The molecular weight excluding hydrogens is 280 g/mol. The molecule has 21 heavy (non-hydrogen) atoms. The maximum Gasteiger partial charge on any atom is 0.258 e. The van der Waals surface area contributed by atoms with Gasteiger partial charge in [-0.3, -0.25) is 4.79 Å². The molecule has 0 saturated carbocycles. The van der Waals surface area contributed by atoms with E-state index in [2.05, 4.69) is 11.4 Å². The summed E-state index contributed by atoms with van der Waals surface area (Å²) in [6.07, 6.45) is 3.29. The summed E-state index contributed by atoms with van der Waals surface area (Å²) in [5.41, 5.74) is 10.5. The molecule has 0 bridgehead atoms. The predicted molar refractivity (Wildman–Crippen MR) is 89.3 cm³/mol. The van der Waals surface area contributed by atoms with Crippen LogP contribution in [0.4, 0.5) is 11.4 Å². The number of aryl methyl sites for hydroxylation is 1. The second-order valence-electron chi connectivity index (χ2n) is 5.60. The molecule has 1 amide bonds. The zero-order chi connectivity index (χ0) is 15.0. The first-order valence-electron chi connectivity index (χ1n) is 7.33. The van der Waals surface area contributed by atoms with Gasteiger partial charge in [-0.1, -0.05) is 0 Å². The van der Waals surface area contributed by atoms with Gasteiger partial charge in [0.15, 0.2) is 0 Å². The molecule has 110 valence electrons. The summed E-state index contributed by atoms with van der Waals surface area (Å²) in [6.45, 7) is 4.75. The Hall–Kier alpha value is -1.81. The molecule has 1 aromatic carbocycles. The van der Waals surface area contributed by atoms with Gasteiger partial charge in [-0.25, -0.2) is 0 Å². The molecule has 2 heterocycles. The van der Waals surface area contributed by atoms with E-state index in [0.717, 1.165) is 53.9 Å². The van der Waals surface area contributed by atoms with Crippen LogP contribution in [0.15, 0.2) is 23.6 Å². The number of rotatable bonds is 1. The summed E-state index contributed by atoms with van der Waals surface area (Å²) in [7, 11) is 0. The number of carbonyl (C=O) groups is 1. The molecule has 3 rings (SSSR count). The first-order chi connectivity index (χ1) is 10.1. The normalized spacial score (nSPS) is 14.7. The Morgan fingerprint density at radius 3 is 2.81 bits per heavy atom. The lowest BCUT2D eigenvalue weighted by Gasteiger charge is -2.22. The SMILES string of the molecule is Cc1c(N)ccc(C(=O)N2CCCCc3sccc32)c1C. The number of amides is 1. The van der Waals surface area contributed by atoms with Crippen LogP contribution in [0.1, 0.15) is 39.2 Å². The van der Waals surface area contributed by atoms with Gasteiger partial charge in [0.2, 0.25) is 0 Å². The highest BCUT2D eigenvalue weighted by Crippen LogP contribution is 2.32. The predicted octanol–water partition coefficient (Wildman–Crippen LogP) is 3.93. The maximum absolute atomic E-state index is 13.0. The number of nitrogens with two attached hydrogens (primary N) is 1. The molecule has 0 spiro atoms. The molecule has 4 heteroatoms. The van der Waals surface area contributed by atoms with Gasteiger partial charge in [-0.05, 0) is 67.8 Å². The monoisotopic (exact) mass is 300 g/mol. The van der Waals surface area contributed by atoms with E-state index in [-0.39, 0.29) is 5.91 Å². The van der Waals surface area contributed by atoms with E-state index in [1.54, 1.807) is 11.3 Å². The molecule has 0 unspecified atom stereocenters. The fourth-order valence-electron chi connectivity index (χ4n) is 2.87. The van der Waals surface area contributed by atoms with Gasteiger partial charge < -0.3 is 10.6 Å². The van der Waals surface area contributed by atoms with E-state index in [0.29, 0.717) is 0 Å². The summed E-state index contributed by atoms with van der Waals surface area (Å²) in [4.78, 5) is 16.3. The van der Waals surface area contributed by atoms with Crippen molar-refractivity contribution in [3.63, 3.8) is 0 Å². The van der Waals surface area contributed by atoms with Gasteiger partial charge in [0.1, 0.15) is 0 Å². The van der Waals surface area contributed by atoms with E-state index in [1.165, 1.54) is 4.88 Å². The van der Waals surface area contributed by atoms with Crippen LogP contribution in [-0.2, 0) is 6.42 Å². The number of carbonyl (C=O) groups excluding carboxylic acids is 1. The molecule has 3 nitrogen and oxygen atoms in total. The van der Waals surface area contributed by atoms with Gasteiger partial charge in [0, 0.05) is 22.7 Å². The zero-order valence-corrected chi connectivity index (χ0v) is 13.3. The zero-order valence-electron chi connectivity index (χ0n) is 12.5. The third kappa shape index (κ3) is 2.44. The van der Waals surface area contributed by atoms with E-state index >= 15 is 0 Å². The second-order valence-corrected chi connectivity index (χ2v) is 6.60. The van der Waals surface area contributed by atoms with Gasteiger partial charge in [-0.2, -0.15) is 0 Å². The van der Waals surface area contributed by atoms with Crippen molar-refractivity contribution in [2.45, 2.75) is 33.1 Å². The third-order valence-electron chi connectivity index (χ3n) is 4.35. The molecule has 0 fully saturated rings. The summed E-state index contributed by atoms with van der Waals surface area (Å²) in [6, 6.07) is 5.77. The van der Waals surface area contributed by atoms with Crippen molar-refractivity contribution in [3.05, 3.63) is 45.1 Å². The summed E-state index contributed by atoms with van der Waals surface area (Å²) < 4.78 is 0. The van der Waals surface area contributed by atoms with Crippen LogP contribution in [0.25, 0.3) is 0 Å². The minimum Gasteiger partial charge on any atom is -0.399 e. The van der Waals surface area contributed by atoms with Crippen molar-refractivity contribution in [3.8, 4) is 0 Å². The van der Waals surface area contributed by atoms with Crippen molar-refractivity contribution in [2.75, 3.05) is 17.2 Å². The van der Waals surface area contributed by atoms with Crippen LogP contribution in [0.2, 0.25) is 0 Å². The lowest BCUT2D eigenvalue weighted by Crippen LogP contribution is -2.32. The molecule has 1 aliphatic heterocycles. The number of benzene rings is 1. The van der Waals surface area contributed by atoms with Gasteiger partial charge in [-0.15, -0.1) is 11.3 Å². The van der Waals surface area contributed by atoms with Crippen molar-refractivity contribution in [1.29, 1.82) is 0 Å². The van der Waals surface area contributed by atoms with Gasteiger partial charge in [0.25, 0.3) is 5.91 Å². The van der Waals surface area contributed by atoms with Crippen LogP contribution >= 0.6 is 11.3 Å². The molecule has 1 aliphatic rings. The summed E-state index contributed by atoms with van der Waals surface area (Å²) in [5, 5.41) is 2.08. The first kappa shape index (κ1) is 14.1. The smallest absolute Gasteiger partial charge is 0.258 e. The third-order valence-corrected chi connectivity index (χ3v) is 5.32. The number of thiophene rings is 1. The highest BCUT2D eigenvalue weighted by molar-refractivity contribution is 7.10. The fourth-order valence-corrected chi connectivity index (χ4v) is 3.79. The van der Waals surface area contributed by atoms with Crippen LogP contribution in [0.3, 0.4) is 0 Å². The molecular formula is C17H20N2OS. The van der Waals surface area contributed by atoms with E-state index in [9.17, 15) is 4.79 Å². The average molecular weight is 300 g/mol. The minimum atomic E-state index is 0.0946. The van der Waals surface area contributed by atoms with Crippen molar-refractivity contribution in [1.82, 2.24) is 0 Å². The Morgan fingerprint density at radius 2 is 2.00 bits per heavy atom. The molecule has 0 atom stereocenters. The lowest BCUT2D eigenvalue weighted by atomic mass is 10.0. The molecule has 0 aliphatic carbocycles.